The number of ether oxygens (including phenoxy) is 1. The first-order chi connectivity index (χ1) is 5.81. The van der Waals surface area contributed by atoms with Crippen LogP contribution in [0.1, 0.15) is 0 Å². The van der Waals surface area contributed by atoms with Gasteiger partial charge in [0, 0.05) is 0 Å². The molecule has 0 aliphatic rings. The Balaban J connectivity index is 2.69. The summed E-state index contributed by atoms with van der Waals surface area (Å²) in [5.74, 6) is 0.739. The Morgan fingerprint density at radius 3 is 3.17 bits per heavy atom. The minimum absolute atomic E-state index is 0.325. The van der Waals surface area contributed by atoms with E-state index in [9.17, 15) is 5.21 Å². The van der Waals surface area contributed by atoms with E-state index in [4.69, 9.17) is 4.74 Å². The van der Waals surface area contributed by atoms with Crippen LogP contribution in [-0.2, 0) is 0 Å². The zero-order chi connectivity index (χ0) is 8.55. The summed E-state index contributed by atoms with van der Waals surface area (Å²) in [6, 6.07) is 5.27. The molecule has 2 aromatic rings. The molecule has 2 rings (SSSR count). The number of nitrogens with zero attached hydrogens (tertiary/aromatic N) is 2. The van der Waals surface area contributed by atoms with E-state index in [-0.39, 0.29) is 15.0 Å². The fourth-order valence-corrected chi connectivity index (χ4v) is 2.14. The molecule has 0 unspecified atom stereocenters. The molecule has 0 aliphatic heterocycles. The van der Waals surface area contributed by atoms with Crippen LogP contribution in [0.25, 0.3) is 11.0 Å². The predicted molar refractivity (Wildman–Crippen MR) is 44.2 cm³/mol. The summed E-state index contributed by atoms with van der Waals surface area (Å²) in [6.45, 7) is 0. The number of aromatic nitrogens is 2. The van der Waals surface area contributed by atoms with Crippen LogP contribution in [0.2, 0.25) is 0 Å². The number of methoxy groups -OCH3 is 1. The van der Waals surface area contributed by atoms with E-state index in [1.54, 1.807) is 25.3 Å². The predicted octanol–water partition coefficient (Wildman–Crippen LogP) is -0.0662. The molecular formula is C7H6N2O2Se. The van der Waals surface area contributed by atoms with Crippen molar-refractivity contribution in [2.45, 2.75) is 0 Å². The van der Waals surface area contributed by atoms with E-state index in [1.165, 1.54) is 0 Å². The number of rotatable bonds is 1. The van der Waals surface area contributed by atoms with Crippen LogP contribution in [-0.4, -0.2) is 26.1 Å². The van der Waals surface area contributed by atoms with Gasteiger partial charge < -0.3 is 0 Å². The van der Waals surface area contributed by atoms with Gasteiger partial charge in [-0.05, 0) is 0 Å². The van der Waals surface area contributed by atoms with Crippen LogP contribution < -0.4 is 8.46 Å². The van der Waals surface area contributed by atoms with Gasteiger partial charge in [0.05, 0.1) is 0 Å². The van der Waals surface area contributed by atoms with Crippen LogP contribution in [0.5, 0.6) is 5.75 Å². The zero-order valence-electron chi connectivity index (χ0n) is 6.35. The Kier molecular flexibility index (Phi) is 1.75. The molecule has 0 atom stereocenters. The van der Waals surface area contributed by atoms with Crippen molar-refractivity contribution in [3.05, 3.63) is 23.4 Å². The van der Waals surface area contributed by atoms with E-state index >= 15 is 0 Å². The molecule has 0 saturated heterocycles. The van der Waals surface area contributed by atoms with Crippen molar-refractivity contribution in [3.8, 4) is 5.75 Å². The van der Waals surface area contributed by atoms with Gasteiger partial charge in [0.2, 0.25) is 0 Å². The maximum atomic E-state index is 11.1. The van der Waals surface area contributed by atoms with Crippen LogP contribution >= 0.6 is 0 Å². The normalized spacial score (nSPS) is 10.4. The first-order valence-electron chi connectivity index (χ1n) is 3.35. The van der Waals surface area contributed by atoms with Crippen molar-refractivity contribution in [2.75, 3.05) is 7.11 Å². The van der Waals surface area contributed by atoms with Crippen molar-refractivity contribution in [1.82, 2.24) is 3.98 Å². The van der Waals surface area contributed by atoms with Crippen LogP contribution in [0.15, 0.2) is 18.2 Å². The topological polar surface area (TPSA) is 49.1 Å². The third-order valence-electron chi connectivity index (χ3n) is 1.59. The average molecular weight is 229 g/mol. The van der Waals surface area contributed by atoms with E-state index in [0.717, 1.165) is 15.0 Å². The molecule has 5 heteroatoms. The summed E-state index contributed by atoms with van der Waals surface area (Å²) in [7, 11) is 1.59. The molecule has 1 heterocycles. The van der Waals surface area contributed by atoms with Crippen LogP contribution in [0.3, 0.4) is 0 Å². The molecule has 0 saturated carbocycles. The SMILES string of the molecule is COc1ccc2c(c1)n[se][n+]2[O-]. The van der Waals surface area contributed by atoms with Crippen LogP contribution in [0, 0.1) is 5.21 Å². The maximum absolute atomic E-state index is 11.1. The van der Waals surface area contributed by atoms with E-state index < -0.39 is 0 Å². The second-order valence-electron chi connectivity index (χ2n) is 2.28. The number of fused-ring (bicyclic) bond motifs is 1. The molecule has 0 spiro atoms. The standard InChI is InChI=1S/C7H6N2O2Se/c1-11-5-2-3-7-6(4-5)8-12-9(7)10/h2-4H,1H3. The Hall–Kier alpha value is -1.06. The second-order valence-corrected chi connectivity index (χ2v) is 3.71. The van der Waals surface area contributed by atoms with Crippen molar-refractivity contribution < 1.29 is 8.46 Å². The summed E-state index contributed by atoms with van der Waals surface area (Å²) >= 11 is -0.325. The molecular weight excluding hydrogens is 223 g/mol. The van der Waals surface area contributed by atoms with E-state index in [2.05, 4.69) is 3.98 Å². The van der Waals surface area contributed by atoms with Gasteiger partial charge in [0.1, 0.15) is 0 Å². The van der Waals surface area contributed by atoms with Gasteiger partial charge in [-0.2, -0.15) is 0 Å². The summed E-state index contributed by atoms with van der Waals surface area (Å²) in [6.07, 6.45) is 0. The summed E-state index contributed by atoms with van der Waals surface area (Å²) in [5, 5.41) is 11.1. The number of hydrogen-bond acceptors (Lipinski definition) is 3. The molecule has 0 amide bonds. The Labute approximate surface area is 75.2 Å². The van der Waals surface area contributed by atoms with Crippen molar-refractivity contribution in [1.29, 1.82) is 0 Å². The molecule has 0 aliphatic carbocycles. The third kappa shape index (κ3) is 1.07. The number of hydrogen-bond donors (Lipinski definition) is 0. The summed E-state index contributed by atoms with van der Waals surface area (Å²) in [4.78, 5) is 0. The first-order valence-corrected chi connectivity index (χ1v) is 4.88. The molecule has 4 nitrogen and oxygen atoms in total. The first kappa shape index (κ1) is 7.58. The van der Waals surface area contributed by atoms with Crippen molar-refractivity contribution in [2.24, 2.45) is 0 Å². The van der Waals surface area contributed by atoms with Gasteiger partial charge >= 0.3 is 74.7 Å². The van der Waals surface area contributed by atoms with Gasteiger partial charge in [0.25, 0.3) is 0 Å². The Morgan fingerprint density at radius 1 is 1.58 bits per heavy atom. The van der Waals surface area contributed by atoms with Gasteiger partial charge in [-0.3, -0.25) is 0 Å². The molecule has 1 aromatic heterocycles. The second kappa shape index (κ2) is 2.77. The monoisotopic (exact) mass is 230 g/mol. The zero-order valence-corrected chi connectivity index (χ0v) is 8.06. The van der Waals surface area contributed by atoms with Gasteiger partial charge in [-0.1, -0.05) is 0 Å². The molecule has 0 fully saturated rings. The van der Waals surface area contributed by atoms with Crippen molar-refractivity contribution in [3.63, 3.8) is 0 Å². The molecule has 0 bridgehead atoms. The van der Waals surface area contributed by atoms with Crippen molar-refractivity contribution >= 4 is 26.0 Å². The molecule has 0 radical (unpaired) electrons. The summed E-state index contributed by atoms with van der Waals surface area (Å²) in [5.41, 5.74) is 1.39. The molecule has 12 heavy (non-hydrogen) atoms. The Bertz CT molecular complexity index is 413. The van der Waals surface area contributed by atoms with Crippen LogP contribution in [0.4, 0.5) is 0 Å². The summed E-state index contributed by atoms with van der Waals surface area (Å²) < 4.78 is 10.0. The minimum atomic E-state index is -0.325. The van der Waals surface area contributed by atoms with Gasteiger partial charge in [-0.25, -0.2) is 0 Å². The fraction of sp³-hybridized carbons (Fsp3) is 0.143. The molecule has 0 N–H and O–H groups in total. The van der Waals surface area contributed by atoms with Gasteiger partial charge in [-0.15, -0.1) is 0 Å². The Morgan fingerprint density at radius 2 is 2.42 bits per heavy atom. The fourth-order valence-electron chi connectivity index (χ4n) is 0.983. The number of benzene rings is 1. The average Bonchev–Trinajstić information content (AvgIpc) is 2.47. The quantitative estimate of drug-likeness (QED) is 0.508. The van der Waals surface area contributed by atoms with Gasteiger partial charge in [0.15, 0.2) is 0 Å². The van der Waals surface area contributed by atoms with E-state index in [0.29, 0.717) is 5.52 Å². The molecule has 1 aromatic carbocycles. The molecule has 62 valence electrons. The third-order valence-corrected chi connectivity index (χ3v) is 2.90. The van der Waals surface area contributed by atoms with E-state index in [1.807, 2.05) is 0 Å².